The first kappa shape index (κ1) is 18.6. The van der Waals surface area contributed by atoms with E-state index in [9.17, 15) is 9.59 Å². The van der Waals surface area contributed by atoms with Gasteiger partial charge in [-0.2, -0.15) is 0 Å². The van der Waals surface area contributed by atoms with Gasteiger partial charge in [0.2, 0.25) is 0 Å². The van der Waals surface area contributed by atoms with E-state index in [0.717, 1.165) is 11.3 Å². The van der Waals surface area contributed by atoms with E-state index in [2.05, 4.69) is 15.3 Å². The van der Waals surface area contributed by atoms with Crippen LogP contribution in [0.5, 0.6) is 0 Å². The van der Waals surface area contributed by atoms with Crippen molar-refractivity contribution in [1.82, 2.24) is 19.8 Å². The van der Waals surface area contributed by atoms with Crippen LogP contribution in [0.1, 0.15) is 23.0 Å². The van der Waals surface area contributed by atoms with Crippen molar-refractivity contribution in [1.29, 1.82) is 0 Å². The highest BCUT2D eigenvalue weighted by molar-refractivity contribution is 5.93. The van der Waals surface area contributed by atoms with Gasteiger partial charge < -0.3 is 19.9 Å². The third-order valence-electron chi connectivity index (χ3n) is 4.27. The Morgan fingerprint density at radius 3 is 2.56 bits per heavy atom. The molecule has 1 N–H and O–H groups in total. The van der Waals surface area contributed by atoms with Crippen LogP contribution in [0.2, 0.25) is 0 Å². The van der Waals surface area contributed by atoms with Crippen LogP contribution in [-0.2, 0) is 4.74 Å². The molecule has 142 valence electrons. The third-order valence-corrected chi connectivity index (χ3v) is 4.27. The summed E-state index contributed by atoms with van der Waals surface area (Å²) in [5, 5.41) is 3.19. The molecule has 1 saturated heterocycles. The highest BCUT2D eigenvalue weighted by Gasteiger charge is 2.26. The van der Waals surface area contributed by atoms with Gasteiger partial charge in [0.05, 0.1) is 6.61 Å². The van der Waals surface area contributed by atoms with Crippen molar-refractivity contribution in [2.75, 3.05) is 38.1 Å². The van der Waals surface area contributed by atoms with Gasteiger partial charge in [-0.15, -0.1) is 0 Å². The molecule has 3 rings (SSSR count). The summed E-state index contributed by atoms with van der Waals surface area (Å²) in [6, 6.07) is 9.54. The van der Waals surface area contributed by atoms with Gasteiger partial charge >= 0.3 is 6.09 Å². The van der Waals surface area contributed by atoms with Crippen molar-refractivity contribution < 1.29 is 14.3 Å². The number of carbonyl (C=O) groups is 2. The van der Waals surface area contributed by atoms with Crippen molar-refractivity contribution >= 4 is 23.5 Å². The molecule has 1 aliphatic heterocycles. The Hall–Kier alpha value is -3.16. The van der Waals surface area contributed by atoms with E-state index in [-0.39, 0.29) is 12.0 Å². The second-order valence-corrected chi connectivity index (χ2v) is 6.26. The van der Waals surface area contributed by atoms with E-state index in [1.807, 2.05) is 31.2 Å². The van der Waals surface area contributed by atoms with Crippen LogP contribution >= 0.6 is 0 Å². The minimum Gasteiger partial charge on any atom is -0.450 e. The van der Waals surface area contributed by atoms with E-state index >= 15 is 0 Å². The van der Waals surface area contributed by atoms with Crippen molar-refractivity contribution in [3.63, 3.8) is 0 Å². The van der Waals surface area contributed by atoms with Gasteiger partial charge in [-0.1, -0.05) is 12.1 Å². The number of rotatable bonds is 4. The lowest BCUT2D eigenvalue weighted by atomic mass is 10.2. The molecule has 0 bridgehead atoms. The number of benzene rings is 1. The summed E-state index contributed by atoms with van der Waals surface area (Å²) in [5.74, 6) is 0.386. The molecule has 1 fully saturated rings. The summed E-state index contributed by atoms with van der Waals surface area (Å²) in [4.78, 5) is 36.1. The number of amides is 2. The number of nitrogens with zero attached hydrogens (tertiary/aromatic N) is 4. The summed E-state index contributed by atoms with van der Waals surface area (Å²) in [6.07, 6.45) is 1.04. The molecule has 8 heteroatoms. The second kappa shape index (κ2) is 8.48. The maximum Gasteiger partial charge on any atom is 0.409 e. The molecule has 1 aliphatic rings. The Bertz CT molecular complexity index is 818. The number of aromatic nitrogens is 2. The van der Waals surface area contributed by atoms with Crippen LogP contribution < -0.4 is 5.32 Å². The van der Waals surface area contributed by atoms with Gasteiger partial charge in [-0.3, -0.25) is 4.79 Å². The quantitative estimate of drug-likeness (QED) is 0.891. The smallest absolute Gasteiger partial charge is 0.409 e. The maximum atomic E-state index is 12.7. The van der Waals surface area contributed by atoms with E-state index in [0.29, 0.717) is 44.3 Å². The van der Waals surface area contributed by atoms with Gasteiger partial charge in [-0.25, -0.2) is 14.8 Å². The molecule has 0 saturated carbocycles. The number of anilines is 2. The SMILES string of the molecule is CCOC(=O)N1CCN(C(=O)c2cc(Nc3cccc(C)c3)ncn2)CC1. The van der Waals surface area contributed by atoms with Crippen LogP contribution in [0.4, 0.5) is 16.3 Å². The molecule has 1 aromatic heterocycles. The van der Waals surface area contributed by atoms with E-state index in [1.165, 1.54) is 6.33 Å². The zero-order valence-electron chi connectivity index (χ0n) is 15.5. The van der Waals surface area contributed by atoms with E-state index in [4.69, 9.17) is 4.74 Å². The Morgan fingerprint density at radius 2 is 1.85 bits per heavy atom. The minimum absolute atomic E-state index is 0.173. The van der Waals surface area contributed by atoms with Gasteiger partial charge in [-0.05, 0) is 31.5 Å². The van der Waals surface area contributed by atoms with Crippen LogP contribution in [-0.4, -0.2) is 64.6 Å². The maximum absolute atomic E-state index is 12.7. The van der Waals surface area contributed by atoms with Crippen LogP contribution in [0.15, 0.2) is 36.7 Å². The number of piperazine rings is 1. The molecular weight excluding hydrogens is 346 g/mol. The molecule has 27 heavy (non-hydrogen) atoms. The topological polar surface area (TPSA) is 87.7 Å². The molecule has 8 nitrogen and oxygen atoms in total. The average molecular weight is 369 g/mol. The molecule has 0 aliphatic carbocycles. The van der Waals surface area contributed by atoms with Gasteiger partial charge in [0, 0.05) is 37.9 Å². The number of nitrogens with one attached hydrogen (secondary N) is 1. The summed E-state index contributed by atoms with van der Waals surface area (Å²) in [6.45, 7) is 5.92. The van der Waals surface area contributed by atoms with E-state index in [1.54, 1.807) is 22.8 Å². The largest absolute Gasteiger partial charge is 0.450 e. The minimum atomic E-state index is -0.337. The molecular formula is C19H23N5O3. The Morgan fingerprint density at radius 1 is 1.11 bits per heavy atom. The lowest BCUT2D eigenvalue weighted by Gasteiger charge is -2.33. The van der Waals surface area contributed by atoms with Crippen molar-refractivity contribution in [2.45, 2.75) is 13.8 Å². The van der Waals surface area contributed by atoms with Crippen LogP contribution in [0.25, 0.3) is 0 Å². The number of hydrogen-bond donors (Lipinski definition) is 1. The third kappa shape index (κ3) is 4.72. The number of ether oxygens (including phenoxy) is 1. The van der Waals surface area contributed by atoms with E-state index < -0.39 is 0 Å². The zero-order valence-corrected chi connectivity index (χ0v) is 15.5. The Kier molecular flexibility index (Phi) is 5.85. The van der Waals surface area contributed by atoms with Gasteiger partial charge in [0.15, 0.2) is 0 Å². The normalized spacial score (nSPS) is 14.0. The molecule has 0 spiro atoms. The number of hydrogen-bond acceptors (Lipinski definition) is 6. The van der Waals surface area contributed by atoms with Crippen LogP contribution in [0, 0.1) is 6.92 Å². The lowest BCUT2D eigenvalue weighted by Crippen LogP contribution is -2.50. The average Bonchev–Trinajstić information content (AvgIpc) is 2.68. The molecule has 0 unspecified atom stereocenters. The summed E-state index contributed by atoms with van der Waals surface area (Å²) in [5.41, 5.74) is 2.35. The summed E-state index contributed by atoms with van der Waals surface area (Å²) >= 11 is 0. The summed E-state index contributed by atoms with van der Waals surface area (Å²) < 4.78 is 5.00. The van der Waals surface area contributed by atoms with Crippen molar-refractivity contribution in [2.24, 2.45) is 0 Å². The molecule has 0 atom stereocenters. The fourth-order valence-corrected chi connectivity index (χ4v) is 2.88. The van der Waals surface area contributed by atoms with Crippen molar-refractivity contribution in [3.05, 3.63) is 47.9 Å². The monoisotopic (exact) mass is 369 g/mol. The Balaban J connectivity index is 1.63. The predicted octanol–water partition coefficient (Wildman–Crippen LogP) is 2.44. The molecule has 2 heterocycles. The first-order chi connectivity index (χ1) is 13.1. The Labute approximate surface area is 158 Å². The van der Waals surface area contributed by atoms with Gasteiger partial charge in [0.1, 0.15) is 17.8 Å². The number of aryl methyl sites for hydroxylation is 1. The molecule has 2 aromatic rings. The number of carbonyl (C=O) groups excluding carboxylic acids is 2. The molecule has 1 aromatic carbocycles. The molecule has 2 amide bonds. The van der Waals surface area contributed by atoms with Gasteiger partial charge in [0.25, 0.3) is 5.91 Å². The second-order valence-electron chi connectivity index (χ2n) is 6.26. The highest BCUT2D eigenvalue weighted by atomic mass is 16.6. The lowest BCUT2D eigenvalue weighted by molar-refractivity contribution is 0.0566. The fourth-order valence-electron chi connectivity index (χ4n) is 2.88. The standard InChI is InChI=1S/C19H23N5O3/c1-3-27-19(26)24-9-7-23(8-10-24)18(25)16-12-17(21-13-20-16)22-15-6-4-5-14(2)11-15/h4-6,11-13H,3,7-10H2,1-2H3,(H,20,21,22). The summed E-state index contributed by atoms with van der Waals surface area (Å²) in [7, 11) is 0. The van der Waals surface area contributed by atoms with Crippen molar-refractivity contribution in [3.8, 4) is 0 Å². The zero-order chi connectivity index (χ0) is 19.2. The highest BCUT2D eigenvalue weighted by Crippen LogP contribution is 2.17. The molecule has 0 radical (unpaired) electrons. The fraction of sp³-hybridized carbons (Fsp3) is 0.368. The van der Waals surface area contributed by atoms with Crippen LogP contribution in [0.3, 0.4) is 0 Å². The first-order valence-electron chi connectivity index (χ1n) is 8.93. The first-order valence-corrected chi connectivity index (χ1v) is 8.93. The predicted molar refractivity (Wildman–Crippen MR) is 101 cm³/mol.